The predicted octanol–water partition coefficient (Wildman–Crippen LogP) is 5.16. The van der Waals surface area contributed by atoms with Gasteiger partial charge in [0.05, 0.1) is 17.1 Å². The van der Waals surface area contributed by atoms with Crippen LogP contribution in [-0.4, -0.2) is 9.97 Å². The van der Waals surface area contributed by atoms with Crippen molar-refractivity contribution in [1.29, 1.82) is 0 Å². The van der Waals surface area contributed by atoms with Crippen LogP contribution in [0.1, 0.15) is 75.9 Å². The summed E-state index contributed by atoms with van der Waals surface area (Å²) in [6.07, 6.45) is 11.8. The first kappa shape index (κ1) is 17.1. The van der Waals surface area contributed by atoms with Gasteiger partial charge in [0.2, 0.25) is 0 Å². The molecule has 0 atom stereocenters. The lowest BCUT2D eigenvalue weighted by atomic mass is 10.1. The molecule has 18 heavy (non-hydrogen) atoms. The Morgan fingerprint density at radius 3 is 1.67 bits per heavy atom. The number of hydrogen-bond acceptors (Lipinski definition) is 2. The number of rotatable bonds is 6. The molecular formula is C16H30N2. The summed E-state index contributed by atoms with van der Waals surface area (Å²) in [7, 11) is 0. The third kappa shape index (κ3) is 9.15. The molecule has 0 aliphatic rings. The fraction of sp³-hybridized carbons (Fsp3) is 0.750. The second-order valence-electron chi connectivity index (χ2n) is 4.95. The first-order valence-electron chi connectivity index (χ1n) is 7.38. The van der Waals surface area contributed by atoms with E-state index in [0.29, 0.717) is 0 Å². The summed E-state index contributed by atoms with van der Waals surface area (Å²) in [5.74, 6) is 0. The highest BCUT2D eigenvalue weighted by Gasteiger charge is 1.92. The van der Waals surface area contributed by atoms with E-state index >= 15 is 0 Å². The van der Waals surface area contributed by atoms with Gasteiger partial charge in [0.15, 0.2) is 0 Å². The highest BCUT2D eigenvalue weighted by atomic mass is 14.8. The van der Waals surface area contributed by atoms with E-state index in [4.69, 9.17) is 0 Å². The number of nitrogens with zero attached hydrogens (tertiary/aromatic N) is 2. The fourth-order valence-corrected chi connectivity index (χ4v) is 1.69. The summed E-state index contributed by atoms with van der Waals surface area (Å²) in [5, 5.41) is 0. The maximum atomic E-state index is 4.21. The normalized spacial score (nSPS) is 9.83. The standard InChI is InChI=1S/C9H20.C7H10N2/c1-3-5-7-9-8-6-4-2;1-5-4-8-6(2)7(3)9-5/h3-9H2,1-2H3;4H,1-3H3. The summed E-state index contributed by atoms with van der Waals surface area (Å²) in [6.45, 7) is 10.4. The van der Waals surface area contributed by atoms with E-state index in [1.807, 2.05) is 20.8 Å². The average Bonchev–Trinajstić information content (AvgIpc) is 2.35. The van der Waals surface area contributed by atoms with Crippen molar-refractivity contribution in [1.82, 2.24) is 9.97 Å². The topological polar surface area (TPSA) is 25.8 Å². The average molecular weight is 250 g/mol. The Balaban J connectivity index is 0.000000321. The van der Waals surface area contributed by atoms with Gasteiger partial charge in [0.25, 0.3) is 0 Å². The first-order valence-corrected chi connectivity index (χ1v) is 7.38. The van der Waals surface area contributed by atoms with Crippen molar-refractivity contribution < 1.29 is 0 Å². The summed E-state index contributed by atoms with van der Waals surface area (Å²) < 4.78 is 0. The molecule has 1 aromatic heterocycles. The van der Waals surface area contributed by atoms with Crippen LogP contribution in [0.4, 0.5) is 0 Å². The third-order valence-electron chi connectivity index (χ3n) is 3.02. The van der Waals surface area contributed by atoms with Gasteiger partial charge in [0.1, 0.15) is 0 Å². The molecule has 2 heteroatoms. The molecule has 0 amide bonds. The van der Waals surface area contributed by atoms with Gasteiger partial charge in [-0.15, -0.1) is 0 Å². The number of aromatic nitrogens is 2. The Morgan fingerprint density at radius 2 is 1.28 bits per heavy atom. The maximum Gasteiger partial charge on any atom is 0.0588 e. The van der Waals surface area contributed by atoms with Crippen LogP contribution in [0.25, 0.3) is 0 Å². The lowest BCUT2D eigenvalue weighted by Gasteiger charge is -1.96. The SMILES string of the molecule is CCCCCCCCC.Cc1cnc(C)c(C)n1. The van der Waals surface area contributed by atoms with Gasteiger partial charge < -0.3 is 0 Å². The smallest absolute Gasteiger partial charge is 0.0588 e. The van der Waals surface area contributed by atoms with Crippen molar-refractivity contribution in [3.05, 3.63) is 23.3 Å². The maximum absolute atomic E-state index is 4.21. The molecule has 1 aromatic rings. The Hall–Kier alpha value is -0.920. The zero-order valence-electron chi connectivity index (χ0n) is 12.9. The van der Waals surface area contributed by atoms with E-state index in [1.165, 1.54) is 44.9 Å². The summed E-state index contributed by atoms with van der Waals surface area (Å²) in [5.41, 5.74) is 3.02. The van der Waals surface area contributed by atoms with Gasteiger partial charge in [-0.05, 0) is 20.8 Å². The molecule has 0 aliphatic heterocycles. The summed E-state index contributed by atoms with van der Waals surface area (Å²) in [4.78, 5) is 8.33. The van der Waals surface area contributed by atoms with Gasteiger partial charge in [0, 0.05) is 6.20 Å². The highest BCUT2D eigenvalue weighted by Crippen LogP contribution is 2.05. The molecule has 0 unspecified atom stereocenters. The van der Waals surface area contributed by atoms with Crippen LogP contribution in [0.5, 0.6) is 0 Å². The quantitative estimate of drug-likeness (QED) is 0.652. The Morgan fingerprint density at radius 1 is 0.778 bits per heavy atom. The van der Waals surface area contributed by atoms with Gasteiger partial charge in [-0.3, -0.25) is 9.97 Å². The Kier molecular flexibility index (Phi) is 10.6. The van der Waals surface area contributed by atoms with E-state index in [-0.39, 0.29) is 0 Å². The lowest BCUT2D eigenvalue weighted by Crippen LogP contribution is -1.92. The largest absolute Gasteiger partial charge is 0.258 e. The number of hydrogen-bond donors (Lipinski definition) is 0. The van der Waals surface area contributed by atoms with Gasteiger partial charge in [-0.1, -0.05) is 58.8 Å². The van der Waals surface area contributed by atoms with Crippen LogP contribution in [0, 0.1) is 20.8 Å². The Labute approximate surface area is 113 Å². The van der Waals surface area contributed by atoms with Crippen LogP contribution < -0.4 is 0 Å². The minimum Gasteiger partial charge on any atom is -0.258 e. The monoisotopic (exact) mass is 250 g/mol. The molecule has 0 fully saturated rings. The summed E-state index contributed by atoms with van der Waals surface area (Å²) >= 11 is 0. The molecule has 0 saturated carbocycles. The van der Waals surface area contributed by atoms with Crippen LogP contribution >= 0.6 is 0 Å². The van der Waals surface area contributed by atoms with Crippen LogP contribution in [0.2, 0.25) is 0 Å². The number of unbranched alkanes of at least 4 members (excludes halogenated alkanes) is 6. The number of aryl methyl sites for hydroxylation is 3. The van der Waals surface area contributed by atoms with Crippen molar-refractivity contribution in [3.8, 4) is 0 Å². The van der Waals surface area contributed by atoms with Gasteiger partial charge >= 0.3 is 0 Å². The van der Waals surface area contributed by atoms with E-state index in [2.05, 4.69) is 23.8 Å². The molecule has 0 N–H and O–H groups in total. The molecule has 1 heterocycles. The molecule has 1 rings (SSSR count). The van der Waals surface area contributed by atoms with Crippen LogP contribution in [0.3, 0.4) is 0 Å². The van der Waals surface area contributed by atoms with E-state index in [9.17, 15) is 0 Å². The first-order chi connectivity index (χ1) is 8.61. The second kappa shape index (κ2) is 11.2. The predicted molar refractivity (Wildman–Crippen MR) is 79.9 cm³/mol. The molecule has 104 valence electrons. The fourth-order valence-electron chi connectivity index (χ4n) is 1.69. The van der Waals surface area contributed by atoms with Gasteiger partial charge in [-0.2, -0.15) is 0 Å². The van der Waals surface area contributed by atoms with E-state index in [0.717, 1.165) is 17.1 Å². The third-order valence-corrected chi connectivity index (χ3v) is 3.02. The van der Waals surface area contributed by atoms with Crippen LogP contribution in [0.15, 0.2) is 6.20 Å². The van der Waals surface area contributed by atoms with Crippen molar-refractivity contribution in [2.45, 2.75) is 79.6 Å². The van der Waals surface area contributed by atoms with Crippen LogP contribution in [-0.2, 0) is 0 Å². The van der Waals surface area contributed by atoms with E-state index < -0.39 is 0 Å². The lowest BCUT2D eigenvalue weighted by molar-refractivity contribution is 0.602. The zero-order chi connectivity index (χ0) is 13.8. The second-order valence-corrected chi connectivity index (χ2v) is 4.95. The summed E-state index contributed by atoms with van der Waals surface area (Å²) in [6, 6.07) is 0. The molecular weight excluding hydrogens is 220 g/mol. The minimum absolute atomic E-state index is 0.984. The molecule has 0 aromatic carbocycles. The Bertz CT molecular complexity index is 302. The van der Waals surface area contributed by atoms with Crippen molar-refractivity contribution in [2.24, 2.45) is 0 Å². The van der Waals surface area contributed by atoms with Crippen molar-refractivity contribution >= 4 is 0 Å². The van der Waals surface area contributed by atoms with Gasteiger partial charge in [-0.25, -0.2) is 0 Å². The molecule has 0 bridgehead atoms. The highest BCUT2D eigenvalue weighted by molar-refractivity contribution is 5.09. The van der Waals surface area contributed by atoms with Crippen molar-refractivity contribution in [2.75, 3.05) is 0 Å². The minimum atomic E-state index is 0.984. The van der Waals surface area contributed by atoms with Crippen molar-refractivity contribution in [3.63, 3.8) is 0 Å². The molecule has 2 nitrogen and oxygen atoms in total. The molecule has 0 aliphatic carbocycles. The molecule has 0 radical (unpaired) electrons. The zero-order valence-corrected chi connectivity index (χ0v) is 12.9. The molecule has 0 spiro atoms. The van der Waals surface area contributed by atoms with E-state index in [1.54, 1.807) is 6.20 Å². The molecule has 0 saturated heterocycles.